The molecule has 0 atom stereocenters. The fraction of sp³-hybridized carbons (Fsp3) is 0.238. The summed E-state index contributed by atoms with van der Waals surface area (Å²) < 4.78 is 1.00. The van der Waals surface area contributed by atoms with Crippen LogP contribution in [0.5, 0.6) is 0 Å². The van der Waals surface area contributed by atoms with Gasteiger partial charge < -0.3 is 4.90 Å². The maximum Gasteiger partial charge on any atom is 0.269 e. The summed E-state index contributed by atoms with van der Waals surface area (Å²) in [5.74, 6) is 0.0209. The molecule has 0 saturated carbocycles. The standard InChI is InChI=1S/C21H19BrClN3OS2/c1-3-4-11-26-19(27)18(29-21(26)24-15-8-5-13(22)6-9-15)20-25(2)16-12-14(23)7-10-17(16)28-20/h5-10,12H,3-4,11H2,1-2H3. The third kappa shape index (κ3) is 4.24. The second-order valence-electron chi connectivity index (χ2n) is 6.69. The number of amidine groups is 1. The van der Waals surface area contributed by atoms with E-state index in [1.165, 1.54) is 11.8 Å². The summed E-state index contributed by atoms with van der Waals surface area (Å²) in [6, 6.07) is 13.6. The molecular weight excluding hydrogens is 490 g/mol. The third-order valence-electron chi connectivity index (χ3n) is 4.64. The number of thioether (sulfide) groups is 2. The Kier molecular flexibility index (Phi) is 6.30. The van der Waals surface area contributed by atoms with Gasteiger partial charge in [-0.2, -0.15) is 0 Å². The first-order valence-corrected chi connectivity index (χ1v) is 12.1. The van der Waals surface area contributed by atoms with Crippen molar-refractivity contribution < 1.29 is 4.79 Å². The van der Waals surface area contributed by atoms with E-state index >= 15 is 0 Å². The van der Waals surface area contributed by atoms with E-state index in [9.17, 15) is 4.79 Å². The van der Waals surface area contributed by atoms with Crippen LogP contribution in [0.25, 0.3) is 0 Å². The fourth-order valence-corrected chi connectivity index (χ4v) is 5.86. The number of halogens is 2. The first kappa shape index (κ1) is 20.8. The molecule has 150 valence electrons. The van der Waals surface area contributed by atoms with E-state index in [2.05, 4.69) is 22.9 Å². The first-order valence-electron chi connectivity index (χ1n) is 9.27. The van der Waals surface area contributed by atoms with Crippen LogP contribution >= 0.6 is 51.1 Å². The molecule has 0 unspecified atom stereocenters. The topological polar surface area (TPSA) is 35.9 Å². The van der Waals surface area contributed by atoms with Crippen molar-refractivity contribution in [3.63, 3.8) is 0 Å². The van der Waals surface area contributed by atoms with E-state index in [1.54, 1.807) is 11.8 Å². The molecule has 0 spiro atoms. The summed E-state index contributed by atoms with van der Waals surface area (Å²) in [4.78, 5) is 23.8. The van der Waals surface area contributed by atoms with E-state index in [-0.39, 0.29) is 5.91 Å². The van der Waals surface area contributed by atoms with Crippen LogP contribution in [0.15, 0.2) is 66.8 Å². The predicted octanol–water partition coefficient (Wildman–Crippen LogP) is 6.88. The predicted molar refractivity (Wildman–Crippen MR) is 128 cm³/mol. The van der Waals surface area contributed by atoms with Crippen LogP contribution in [-0.2, 0) is 4.79 Å². The van der Waals surface area contributed by atoms with E-state index in [0.717, 1.165) is 48.7 Å². The molecule has 1 fully saturated rings. The minimum Gasteiger partial charge on any atom is -0.337 e. The number of carbonyl (C=O) groups excluding carboxylic acids is 1. The largest absolute Gasteiger partial charge is 0.337 e. The number of unbranched alkanes of at least 4 members (excludes halogenated alkanes) is 1. The molecular formula is C21H19BrClN3OS2. The number of amides is 1. The Morgan fingerprint density at radius 3 is 2.62 bits per heavy atom. The second-order valence-corrected chi connectivity index (χ2v) is 10.1. The summed E-state index contributed by atoms with van der Waals surface area (Å²) in [6.45, 7) is 2.79. The van der Waals surface area contributed by atoms with Gasteiger partial charge in [0.15, 0.2) is 5.17 Å². The Balaban J connectivity index is 1.71. The molecule has 0 radical (unpaired) electrons. The van der Waals surface area contributed by atoms with Crippen LogP contribution in [0.1, 0.15) is 19.8 Å². The lowest BCUT2D eigenvalue weighted by molar-refractivity contribution is -0.122. The Hall–Kier alpha value is -1.41. The number of nitrogens with zero attached hydrogens (tertiary/aromatic N) is 3. The number of aliphatic imine (C=N–C) groups is 1. The van der Waals surface area contributed by atoms with Gasteiger partial charge in [-0.1, -0.05) is 52.6 Å². The van der Waals surface area contributed by atoms with Crippen LogP contribution in [0.2, 0.25) is 5.02 Å². The normalized spacial score (nSPS) is 20.1. The van der Waals surface area contributed by atoms with E-state index in [1.807, 2.05) is 59.3 Å². The van der Waals surface area contributed by atoms with Gasteiger partial charge in [-0.15, -0.1) is 0 Å². The van der Waals surface area contributed by atoms with Crippen molar-refractivity contribution in [3.05, 3.63) is 61.9 Å². The van der Waals surface area contributed by atoms with E-state index in [0.29, 0.717) is 11.6 Å². The SMILES string of the molecule is CCCCN1C(=O)C(=C2Sc3ccc(Cl)cc3N2C)SC1=Nc1ccc(Br)cc1. The van der Waals surface area contributed by atoms with Gasteiger partial charge >= 0.3 is 0 Å². The molecule has 0 aromatic heterocycles. The molecule has 2 aliphatic rings. The van der Waals surface area contributed by atoms with Crippen molar-refractivity contribution in [3.8, 4) is 0 Å². The highest BCUT2D eigenvalue weighted by Gasteiger charge is 2.38. The van der Waals surface area contributed by atoms with E-state index in [4.69, 9.17) is 16.6 Å². The molecule has 8 heteroatoms. The highest BCUT2D eigenvalue weighted by Crippen LogP contribution is 2.50. The minimum absolute atomic E-state index is 0.0209. The molecule has 1 amide bonds. The summed E-state index contributed by atoms with van der Waals surface area (Å²) in [6.07, 6.45) is 1.96. The van der Waals surface area contributed by atoms with Crippen LogP contribution in [0.4, 0.5) is 11.4 Å². The van der Waals surface area contributed by atoms with Gasteiger partial charge in [0, 0.05) is 28.0 Å². The summed E-state index contributed by atoms with van der Waals surface area (Å²) in [7, 11) is 1.98. The van der Waals surface area contributed by atoms with Crippen LogP contribution in [0, 0.1) is 0 Å². The first-order chi connectivity index (χ1) is 14.0. The molecule has 1 saturated heterocycles. The van der Waals surface area contributed by atoms with Crippen LogP contribution < -0.4 is 4.90 Å². The zero-order chi connectivity index (χ0) is 20.5. The number of anilines is 1. The number of carbonyl (C=O) groups is 1. The lowest BCUT2D eigenvalue weighted by atomic mass is 10.3. The molecule has 0 aliphatic carbocycles. The maximum absolute atomic E-state index is 13.3. The Labute approximate surface area is 192 Å². The molecule has 4 rings (SSSR count). The van der Waals surface area contributed by atoms with Crippen molar-refractivity contribution in [1.29, 1.82) is 0 Å². The minimum atomic E-state index is 0.0209. The number of benzene rings is 2. The molecule has 0 bridgehead atoms. The number of hydrogen-bond acceptors (Lipinski definition) is 5. The van der Waals surface area contributed by atoms with Crippen molar-refractivity contribution in [2.75, 3.05) is 18.5 Å². The Bertz CT molecular complexity index is 1020. The van der Waals surface area contributed by atoms with Gasteiger partial charge in [0.1, 0.15) is 4.91 Å². The van der Waals surface area contributed by atoms with Crippen molar-refractivity contribution >= 4 is 73.5 Å². The quantitative estimate of drug-likeness (QED) is 0.422. The third-order valence-corrected chi connectivity index (χ3v) is 7.83. The summed E-state index contributed by atoms with van der Waals surface area (Å²) in [5, 5.41) is 2.35. The smallest absolute Gasteiger partial charge is 0.269 e. The summed E-state index contributed by atoms with van der Waals surface area (Å²) in [5.41, 5.74) is 1.86. The fourth-order valence-electron chi connectivity index (χ4n) is 3.08. The highest BCUT2D eigenvalue weighted by molar-refractivity contribution is 9.10. The molecule has 29 heavy (non-hydrogen) atoms. The van der Waals surface area contributed by atoms with Crippen LogP contribution in [-0.4, -0.2) is 29.6 Å². The van der Waals surface area contributed by atoms with Crippen molar-refractivity contribution in [1.82, 2.24) is 4.90 Å². The van der Waals surface area contributed by atoms with Gasteiger partial charge in [0.2, 0.25) is 0 Å². The maximum atomic E-state index is 13.3. The van der Waals surface area contributed by atoms with E-state index < -0.39 is 0 Å². The number of hydrogen-bond donors (Lipinski definition) is 0. The molecule has 2 aromatic rings. The number of fused-ring (bicyclic) bond motifs is 1. The Morgan fingerprint density at radius 1 is 1.14 bits per heavy atom. The second kappa shape index (κ2) is 8.76. The lowest BCUT2D eigenvalue weighted by Crippen LogP contribution is -2.30. The lowest BCUT2D eigenvalue weighted by Gasteiger charge is -2.16. The van der Waals surface area contributed by atoms with Gasteiger partial charge in [0.25, 0.3) is 5.91 Å². The molecule has 4 nitrogen and oxygen atoms in total. The zero-order valence-electron chi connectivity index (χ0n) is 16.0. The Morgan fingerprint density at radius 2 is 1.90 bits per heavy atom. The van der Waals surface area contributed by atoms with Gasteiger partial charge in [-0.3, -0.25) is 9.69 Å². The molecule has 2 heterocycles. The van der Waals surface area contributed by atoms with Gasteiger partial charge in [-0.25, -0.2) is 4.99 Å². The molecule has 0 N–H and O–H groups in total. The zero-order valence-corrected chi connectivity index (χ0v) is 20.0. The van der Waals surface area contributed by atoms with Crippen molar-refractivity contribution in [2.24, 2.45) is 4.99 Å². The summed E-state index contributed by atoms with van der Waals surface area (Å²) >= 11 is 12.7. The highest BCUT2D eigenvalue weighted by atomic mass is 79.9. The van der Waals surface area contributed by atoms with Gasteiger partial charge in [0.05, 0.1) is 16.4 Å². The average molecular weight is 509 g/mol. The molecule has 2 aliphatic heterocycles. The average Bonchev–Trinajstić information content (AvgIpc) is 3.19. The van der Waals surface area contributed by atoms with Crippen LogP contribution in [0.3, 0.4) is 0 Å². The van der Waals surface area contributed by atoms with Gasteiger partial charge in [-0.05, 0) is 60.6 Å². The monoisotopic (exact) mass is 507 g/mol. The number of rotatable bonds is 4. The molecule has 2 aromatic carbocycles. The van der Waals surface area contributed by atoms with Crippen molar-refractivity contribution in [2.45, 2.75) is 24.7 Å².